The zero-order valence-electron chi connectivity index (χ0n) is 14.6. The Balaban J connectivity index is 4.00. The minimum atomic E-state index is 0.0815. The monoisotopic (exact) mass is 270 g/mol. The molecule has 0 saturated heterocycles. The number of hydrogen-bond acceptors (Lipinski definition) is 1. The molecule has 1 N–H and O–H groups in total. The Bertz CT molecular complexity index is 228. The summed E-state index contributed by atoms with van der Waals surface area (Å²) in [6, 6.07) is 0. The largest absolute Gasteiger partial charge is 0.396 e. The molecule has 0 spiro atoms. The average Bonchev–Trinajstić information content (AvgIpc) is 2.25. The molecule has 0 amide bonds. The van der Waals surface area contributed by atoms with Gasteiger partial charge in [-0.2, -0.15) is 0 Å². The van der Waals surface area contributed by atoms with E-state index in [0.717, 1.165) is 18.3 Å². The van der Waals surface area contributed by atoms with Gasteiger partial charge in [0.25, 0.3) is 0 Å². The van der Waals surface area contributed by atoms with Crippen LogP contribution in [0.25, 0.3) is 0 Å². The van der Waals surface area contributed by atoms with Crippen LogP contribution in [-0.4, -0.2) is 11.7 Å². The standard InChI is InChI=1S/C18H38O/c1-15(2)9-8-10-16(3)13-17(4,5)11-12-18(6,7)14-19/h15-16,19H,8-14H2,1-7H3. The summed E-state index contributed by atoms with van der Waals surface area (Å²) in [6.07, 6.45) is 7.75. The Morgan fingerprint density at radius 2 is 1.37 bits per heavy atom. The number of rotatable bonds is 10. The van der Waals surface area contributed by atoms with Crippen molar-refractivity contribution in [3.8, 4) is 0 Å². The van der Waals surface area contributed by atoms with Gasteiger partial charge in [0.2, 0.25) is 0 Å². The predicted octanol–water partition coefficient (Wildman–Crippen LogP) is 5.66. The van der Waals surface area contributed by atoms with Crippen LogP contribution >= 0.6 is 0 Å². The molecule has 0 bridgehead atoms. The van der Waals surface area contributed by atoms with Gasteiger partial charge in [0, 0.05) is 6.61 Å². The van der Waals surface area contributed by atoms with E-state index in [1.165, 1.54) is 32.1 Å². The van der Waals surface area contributed by atoms with E-state index in [0.29, 0.717) is 12.0 Å². The molecule has 19 heavy (non-hydrogen) atoms. The fourth-order valence-corrected chi connectivity index (χ4v) is 2.78. The summed E-state index contributed by atoms with van der Waals surface area (Å²) in [5, 5.41) is 9.34. The summed E-state index contributed by atoms with van der Waals surface area (Å²) in [6.45, 7) is 16.4. The van der Waals surface area contributed by atoms with E-state index in [-0.39, 0.29) is 5.41 Å². The van der Waals surface area contributed by atoms with Gasteiger partial charge < -0.3 is 5.11 Å². The number of aliphatic hydroxyl groups is 1. The van der Waals surface area contributed by atoms with Gasteiger partial charge in [0.1, 0.15) is 0 Å². The van der Waals surface area contributed by atoms with Gasteiger partial charge in [0.05, 0.1) is 0 Å². The second kappa shape index (κ2) is 8.29. The van der Waals surface area contributed by atoms with E-state index >= 15 is 0 Å². The molecule has 0 aliphatic carbocycles. The van der Waals surface area contributed by atoms with Gasteiger partial charge in [-0.25, -0.2) is 0 Å². The maximum Gasteiger partial charge on any atom is 0.0482 e. The number of aliphatic hydroxyl groups excluding tert-OH is 1. The van der Waals surface area contributed by atoms with Crippen molar-refractivity contribution in [2.75, 3.05) is 6.61 Å². The van der Waals surface area contributed by atoms with E-state index in [4.69, 9.17) is 0 Å². The average molecular weight is 271 g/mol. The predicted molar refractivity (Wildman–Crippen MR) is 86.4 cm³/mol. The second-order valence-corrected chi connectivity index (χ2v) is 8.62. The van der Waals surface area contributed by atoms with Gasteiger partial charge in [-0.1, -0.05) is 67.7 Å². The maximum absolute atomic E-state index is 9.34. The van der Waals surface area contributed by atoms with Gasteiger partial charge in [-0.3, -0.25) is 0 Å². The van der Waals surface area contributed by atoms with Crippen LogP contribution in [-0.2, 0) is 0 Å². The topological polar surface area (TPSA) is 20.2 Å². The lowest BCUT2D eigenvalue weighted by molar-refractivity contribution is 0.123. The summed E-state index contributed by atoms with van der Waals surface area (Å²) in [5.74, 6) is 1.66. The van der Waals surface area contributed by atoms with Crippen molar-refractivity contribution in [3.63, 3.8) is 0 Å². The van der Waals surface area contributed by atoms with Crippen LogP contribution < -0.4 is 0 Å². The molecule has 0 aromatic heterocycles. The second-order valence-electron chi connectivity index (χ2n) is 8.62. The molecule has 1 nitrogen and oxygen atoms in total. The summed E-state index contributed by atoms with van der Waals surface area (Å²) in [4.78, 5) is 0. The molecule has 1 heteroatoms. The van der Waals surface area contributed by atoms with Crippen molar-refractivity contribution >= 4 is 0 Å². The maximum atomic E-state index is 9.34. The minimum Gasteiger partial charge on any atom is -0.396 e. The first-order chi connectivity index (χ1) is 8.58. The van der Waals surface area contributed by atoms with Crippen molar-refractivity contribution in [2.45, 2.75) is 87.0 Å². The van der Waals surface area contributed by atoms with E-state index in [9.17, 15) is 5.11 Å². The van der Waals surface area contributed by atoms with Crippen molar-refractivity contribution in [3.05, 3.63) is 0 Å². The lowest BCUT2D eigenvalue weighted by Crippen LogP contribution is -2.22. The molecular formula is C18H38O. The molecule has 0 aromatic carbocycles. The molecule has 0 aliphatic heterocycles. The van der Waals surface area contributed by atoms with Crippen LogP contribution in [0.1, 0.15) is 87.0 Å². The Labute approximate surface area is 122 Å². The fraction of sp³-hybridized carbons (Fsp3) is 1.00. The van der Waals surface area contributed by atoms with Crippen molar-refractivity contribution < 1.29 is 5.11 Å². The van der Waals surface area contributed by atoms with Crippen LogP contribution in [0, 0.1) is 22.7 Å². The third kappa shape index (κ3) is 10.4. The Hall–Kier alpha value is -0.0400. The molecule has 0 heterocycles. The molecule has 0 saturated carbocycles. The summed E-state index contributed by atoms with van der Waals surface area (Å²) in [7, 11) is 0. The van der Waals surface area contributed by atoms with Crippen LogP contribution in [0.5, 0.6) is 0 Å². The quantitative estimate of drug-likeness (QED) is 0.543. The summed E-state index contributed by atoms with van der Waals surface area (Å²) >= 11 is 0. The zero-order chi connectivity index (χ0) is 15.1. The molecular weight excluding hydrogens is 232 g/mol. The van der Waals surface area contributed by atoms with E-state index in [2.05, 4.69) is 48.5 Å². The van der Waals surface area contributed by atoms with Crippen LogP contribution in [0.15, 0.2) is 0 Å². The van der Waals surface area contributed by atoms with Crippen molar-refractivity contribution in [1.82, 2.24) is 0 Å². The normalized spacial score (nSPS) is 15.0. The van der Waals surface area contributed by atoms with E-state index in [1.807, 2.05) is 0 Å². The molecule has 0 aromatic rings. The van der Waals surface area contributed by atoms with Crippen LogP contribution in [0.2, 0.25) is 0 Å². The van der Waals surface area contributed by atoms with Crippen molar-refractivity contribution in [2.24, 2.45) is 22.7 Å². The van der Waals surface area contributed by atoms with Gasteiger partial charge in [-0.05, 0) is 41.9 Å². The highest BCUT2D eigenvalue weighted by atomic mass is 16.3. The minimum absolute atomic E-state index is 0.0815. The molecule has 0 fully saturated rings. The molecule has 1 unspecified atom stereocenters. The fourth-order valence-electron chi connectivity index (χ4n) is 2.78. The Morgan fingerprint density at radius 1 is 0.842 bits per heavy atom. The first kappa shape index (κ1) is 19.0. The van der Waals surface area contributed by atoms with Gasteiger partial charge >= 0.3 is 0 Å². The molecule has 0 rings (SSSR count). The van der Waals surface area contributed by atoms with E-state index < -0.39 is 0 Å². The van der Waals surface area contributed by atoms with Crippen LogP contribution in [0.3, 0.4) is 0 Å². The third-order valence-electron chi connectivity index (χ3n) is 4.29. The highest BCUT2D eigenvalue weighted by Gasteiger charge is 2.25. The molecule has 0 radical (unpaired) electrons. The van der Waals surface area contributed by atoms with E-state index in [1.54, 1.807) is 0 Å². The highest BCUT2D eigenvalue weighted by Crippen LogP contribution is 2.36. The first-order valence-electron chi connectivity index (χ1n) is 8.19. The summed E-state index contributed by atoms with van der Waals surface area (Å²) < 4.78 is 0. The lowest BCUT2D eigenvalue weighted by atomic mass is 9.74. The van der Waals surface area contributed by atoms with Gasteiger partial charge in [-0.15, -0.1) is 0 Å². The lowest BCUT2D eigenvalue weighted by Gasteiger charge is -2.32. The Kier molecular flexibility index (Phi) is 8.27. The van der Waals surface area contributed by atoms with Crippen LogP contribution in [0.4, 0.5) is 0 Å². The SMILES string of the molecule is CC(C)CCCC(C)CC(C)(C)CCC(C)(C)CO. The zero-order valence-corrected chi connectivity index (χ0v) is 14.6. The molecule has 1 atom stereocenters. The highest BCUT2D eigenvalue weighted by molar-refractivity contribution is 4.76. The smallest absolute Gasteiger partial charge is 0.0482 e. The first-order valence-corrected chi connectivity index (χ1v) is 8.19. The third-order valence-corrected chi connectivity index (χ3v) is 4.29. The Morgan fingerprint density at radius 3 is 1.84 bits per heavy atom. The number of hydrogen-bond donors (Lipinski definition) is 1. The molecule has 116 valence electrons. The van der Waals surface area contributed by atoms with Crippen molar-refractivity contribution in [1.29, 1.82) is 0 Å². The van der Waals surface area contributed by atoms with Gasteiger partial charge in [0.15, 0.2) is 0 Å². The summed E-state index contributed by atoms with van der Waals surface area (Å²) in [5.41, 5.74) is 0.488. The molecule has 0 aliphatic rings.